The summed E-state index contributed by atoms with van der Waals surface area (Å²) < 4.78 is 50.9. The topological polar surface area (TPSA) is 168 Å². The minimum atomic E-state index is -3.75. The number of benzene rings is 2. The lowest BCUT2D eigenvalue weighted by atomic mass is 10.1. The molecule has 320 valence electrons. The lowest BCUT2D eigenvalue weighted by Gasteiger charge is -2.37. The van der Waals surface area contributed by atoms with Crippen molar-refractivity contribution in [3.63, 3.8) is 0 Å². The minimum Gasteiger partial charge on any atom is -0.366 e. The van der Waals surface area contributed by atoms with Crippen LogP contribution < -0.4 is 21.3 Å². The summed E-state index contributed by atoms with van der Waals surface area (Å²) in [5, 5.41) is 8.29. The smallest absolute Gasteiger partial charge is 0.271 e. The Morgan fingerprint density at radius 2 is 1.05 bits per heavy atom. The van der Waals surface area contributed by atoms with Crippen LogP contribution in [0.25, 0.3) is 21.8 Å². The molecule has 60 heavy (non-hydrogen) atoms. The number of carbonyl (C=O) groups excluding carboxylic acids is 2. The third kappa shape index (κ3) is 9.85. The summed E-state index contributed by atoms with van der Waals surface area (Å²) in [6, 6.07) is 21.7. The van der Waals surface area contributed by atoms with Gasteiger partial charge >= 0.3 is 0 Å². The van der Waals surface area contributed by atoms with Crippen molar-refractivity contribution >= 4 is 93.3 Å². The van der Waals surface area contributed by atoms with E-state index in [9.17, 15) is 36.0 Å². The molecule has 0 atom stereocenters. The van der Waals surface area contributed by atoms with Crippen molar-refractivity contribution in [3.05, 3.63) is 119 Å². The largest absolute Gasteiger partial charge is 0.366 e. The van der Waals surface area contributed by atoms with E-state index in [1.165, 1.54) is 38.9 Å². The molecule has 1 N–H and O–H groups in total. The third-order valence-corrected chi connectivity index (χ3v) is 14.4. The van der Waals surface area contributed by atoms with Gasteiger partial charge in [-0.05, 0) is 35.0 Å². The zero-order chi connectivity index (χ0) is 42.6. The second kappa shape index (κ2) is 19.2. The standard InChI is InChI=1S/C20H21N3O4S2.C11H10ClNO3S.C9H12N2OS.CH4/c1-21-15-7-4-3-6-14(15)17(18(20(21)25)29(2,26)27)22-9-11-23(12-10-22)19(24)16-8-5-13-28-16;1-13-8-6-4-3-5-7(8)9(12)10(11(13)14)17(2,15)16;12-9(8-2-1-7-13-8)11-5-3-10-4-6-11;/h3-8,13H,9-12H2,1-2H3;3-6H,1-2H3;1-2,7,10H,3-6H2;1H4. The van der Waals surface area contributed by atoms with E-state index in [1.54, 1.807) is 42.3 Å². The van der Waals surface area contributed by atoms with E-state index >= 15 is 0 Å². The predicted molar refractivity (Wildman–Crippen MR) is 242 cm³/mol. The molecule has 14 nitrogen and oxygen atoms in total. The fraction of sp³-hybridized carbons (Fsp3) is 0.317. The first-order valence-electron chi connectivity index (χ1n) is 18.4. The van der Waals surface area contributed by atoms with Crippen LogP contribution in [0.3, 0.4) is 0 Å². The van der Waals surface area contributed by atoms with E-state index in [-0.39, 0.29) is 34.1 Å². The third-order valence-electron chi connectivity index (χ3n) is 9.93. The van der Waals surface area contributed by atoms with Gasteiger partial charge in [0, 0.05) is 89.7 Å². The molecule has 2 aliphatic rings. The van der Waals surface area contributed by atoms with Crippen molar-refractivity contribution in [2.45, 2.75) is 17.2 Å². The average Bonchev–Trinajstić information content (AvgIpc) is 3.97. The van der Waals surface area contributed by atoms with Crippen molar-refractivity contribution in [2.75, 3.05) is 69.8 Å². The summed E-state index contributed by atoms with van der Waals surface area (Å²) in [7, 11) is -4.28. The molecule has 2 amide bonds. The van der Waals surface area contributed by atoms with E-state index in [0.717, 1.165) is 43.6 Å². The number of nitrogens with zero attached hydrogens (tertiary/aromatic N) is 5. The molecular formula is C41H47ClN6O8S4. The maximum absolute atomic E-state index is 12.9. The highest BCUT2D eigenvalue weighted by atomic mass is 35.5. The van der Waals surface area contributed by atoms with Crippen LogP contribution in [0.4, 0.5) is 5.69 Å². The van der Waals surface area contributed by atoms with Gasteiger partial charge in [0.15, 0.2) is 29.5 Å². The Morgan fingerprint density at radius 1 is 0.617 bits per heavy atom. The highest BCUT2D eigenvalue weighted by Gasteiger charge is 2.30. The second-order valence-electron chi connectivity index (χ2n) is 13.9. The predicted octanol–water partition coefficient (Wildman–Crippen LogP) is 4.99. The van der Waals surface area contributed by atoms with E-state index < -0.39 is 30.8 Å². The molecule has 19 heteroatoms. The lowest BCUT2D eigenvalue weighted by Crippen LogP contribution is -2.49. The van der Waals surface area contributed by atoms with Crippen LogP contribution in [0.15, 0.2) is 103 Å². The second-order valence-corrected chi connectivity index (χ2v) is 20.1. The van der Waals surface area contributed by atoms with Crippen molar-refractivity contribution in [2.24, 2.45) is 14.1 Å². The molecule has 2 saturated heterocycles. The Kier molecular flexibility index (Phi) is 14.8. The van der Waals surface area contributed by atoms with Crippen LogP contribution >= 0.6 is 34.3 Å². The summed E-state index contributed by atoms with van der Waals surface area (Å²) in [6.07, 6.45) is 2.04. The monoisotopic (exact) mass is 914 g/mol. The number of amides is 2. The zero-order valence-corrected chi connectivity index (χ0v) is 36.8. The van der Waals surface area contributed by atoms with E-state index in [0.29, 0.717) is 58.5 Å². The SMILES string of the molecule is C.Cn1c(=O)c(S(C)(=O)=O)c(Cl)c2ccccc21.Cn1c(=O)c(S(C)(=O)=O)c(N2CCN(C(=O)c3cccs3)CC2)c2ccccc21.O=C(c1cccs1)N1CCNCC1. The maximum Gasteiger partial charge on any atom is 0.271 e. The Bertz CT molecular complexity index is 2850. The van der Waals surface area contributed by atoms with Gasteiger partial charge in [0.1, 0.15) is 0 Å². The Balaban J connectivity index is 0.000000187. The number of carbonyl (C=O) groups is 2. The first-order chi connectivity index (χ1) is 28.0. The summed E-state index contributed by atoms with van der Waals surface area (Å²) in [6.45, 7) is 5.32. The van der Waals surface area contributed by atoms with Crippen LogP contribution in [-0.4, -0.2) is 112 Å². The summed E-state index contributed by atoms with van der Waals surface area (Å²) in [4.78, 5) is 55.8. The average molecular weight is 916 g/mol. The van der Waals surface area contributed by atoms with Gasteiger partial charge in [-0.1, -0.05) is 67.6 Å². The van der Waals surface area contributed by atoms with Crippen molar-refractivity contribution < 1.29 is 26.4 Å². The number of aryl methyl sites for hydroxylation is 2. The maximum atomic E-state index is 12.9. The molecule has 0 spiro atoms. The van der Waals surface area contributed by atoms with Gasteiger partial charge in [0.05, 0.1) is 31.5 Å². The summed E-state index contributed by atoms with van der Waals surface area (Å²) in [5.41, 5.74) is 0.593. The Hall–Kier alpha value is -4.85. The molecule has 2 aromatic carbocycles. The molecule has 0 radical (unpaired) electrons. The van der Waals surface area contributed by atoms with Crippen molar-refractivity contribution in [1.29, 1.82) is 0 Å². The molecule has 2 fully saturated rings. The molecule has 6 heterocycles. The number of thiophene rings is 2. The van der Waals surface area contributed by atoms with Gasteiger partial charge in [-0.3, -0.25) is 19.2 Å². The molecule has 6 aromatic rings. The lowest BCUT2D eigenvalue weighted by molar-refractivity contribution is 0.0737. The van der Waals surface area contributed by atoms with E-state index in [1.807, 2.05) is 63.0 Å². The fourth-order valence-electron chi connectivity index (χ4n) is 6.96. The quantitative estimate of drug-likeness (QED) is 0.249. The van der Waals surface area contributed by atoms with Gasteiger partial charge < -0.3 is 29.2 Å². The number of piperazine rings is 2. The number of nitrogens with one attached hydrogen (secondary N) is 1. The van der Waals surface area contributed by atoms with Crippen molar-refractivity contribution in [1.82, 2.24) is 24.3 Å². The number of aromatic nitrogens is 2. The molecule has 0 aliphatic carbocycles. The van der Waals surface area contributed by atoms with Gasteiger partial charge in [0.25, 0.3) is 22.9 Å². The number of rotatable bonds is 5. The van der Waals surface area contributed by atoms with Crippen LogP contribution in [0, 0.1) is 0 Å². The van der Waals surface area contributed by atoms with Crippen LogP contribution in [-0.2, 0) is 33.8 Å². The van der Waals surface area contributed by atoms with Crippen LogP contribution in [0.1, 0.15) is 26.8 Å². The molecular weight excluding hydrogens is 868 g/mol. The number of para-hydroxylation sites is 2. The van der Waals surface area contributed by atoms with Gasteiger partial charge in [-0.25, -0.2) is 16.8 Å². The minimum absolute atomic E-state index is 0. The highest BCUT2D eigenvalue weighted by molar-refractivity contribution is 7.91. The molecule has 0 unspecified atom stereocenters. The van der Waals surface area contributed by atoms with Crippen molar-refractivity contribution in [3.8, 4) is 0 Å². The van der Waals surface area contributed by atoms with Gasteiger partial charge in [-0.2, -0.15) is 0 Å². The zero-order valence-electron chi connectivity index (χ0n) is 32.8. The summed E-state index contributed by atoms with van der Waals surface area (Å²) in [5.74, 6) is 0.160. The van der Waals surface area contributed by atoms with E-state index in [4.69, 9.17) is 11.6 Å². The number of pyridine rings is 2. The number of sulfone groups is 2. The number of fused-ring (bicyclic) bond motifs is 2. The first-order valence-corrected chi connectivity index (χ1v) is 24.3. The molecule has 2 aliphatic heterocycles. The van der Waals surface area contributed by atoms with Gasteiger partial charge in [0.2, 0.25) is 0 Å². The highest BCUT2D eigenvalue weighted by Crippen LogP contribution is 2.32. The molecule has 0 bridgehead atoms. The number of anilines is 1. The fourth-order valence-corrected chi connectivity index (χ4v) is 10.9. The molecule has 8 rings (SSSR count). The summed E-state index contributed by atoms with van der Waals surface area (Å²) >= 11 is 8.93. The first kappa shape index (κ1) is 46.2. The van der Waals surface area contributed by atoms with Crippen LogP contribution in [0.5, 0.6) is 0 Å². The normalized spacial score (nSPS) is 14.4. The Morgan fingerprint density at radius 3 is 1.52 bits per heavy atom. The van der Waals surface area contributed by atoms with Crippen LogP contribution in [0.2, 0.25) is 5.02 Å². The van der Waals surface area contributed by atoms with E-state index in [2.05, 4.69) is 5.32 Å². The Labute approximate surface area is 362 Å². The molecule has 0 saturated carbocycles. The number of halogens is 1. The number of hydrogen-bond acceptors (Lipinski definition) is 12. The van der Waals surface area contributed by atoms with Gasteiger partial charge in [-0.15, -0.1) is 22.7 Å². The molecule has 4 aromatic heterocycles. The number of hydrogen-bond donors (Lipinski definition) is 1.